The average molecular weight is 467 g/mol. The first-order valence-electron chi connectivity index (χ1n) is 9.10. The van der Waals surface area contributed by atoms with Gasteiger partial charge in [0.1, 0.15) is 4.53 Å². The maximum absolute atomic E-state index is 13.1. The highest BCUT2D eigenvalue weighted by molar-refractivity contribution is 9.10. The second-order valence-electron chi connectivity index (χ2n) is 6.82. The maximum Gasteiger partial charge on any atom is 0.291 e. The monoisotopic (exact) mass is 466 g/mol. The molecule has 0 bridgehead atoms. The van der Waals surface area contributed by atoms with Crippen molar-refractivity contribution in [1.82, 2.24) is 14.6 Å². The Morgan fingerprint density at radius 3 is 2.69 bits per heavy atom. The predicted molar refractivity (Wildman–Crippen MR) is 117 cm³/mol. The summed E-state index contributed by atoms with van der Waals surface area (Å²) in [5.41, 5.74) is 3.63. The number of aromatic nitrogens is 3. The van der Waals surface area contributed by atoms with Crippen LogP contribution >= 0.6 is 27.3 Å². The lowest BCUT2D eigenvalue weighted by Crippen LogP contribution is -2.32. The highest BCUT2D eigenvalue weighted by Crippen LogP contribution is 2.37. The van der Waals surface area contributed by atoms with Crippen molar-refractivity contribution in [2.45, 2.75) is 13.8 Å². The number of hydrogen-bond acceptors (Lipinski definition) is 5. The topological polar surface area (TPSA) is 67.6 Å². The minimum Gasteiger partial charge on any atom is -0.308 e. The van der Waals surface area contributed by atoms with Crippen LogP contribution in [0.3, 0.4) is 0 Å². The number of halogens is 1. The molecular weight excluding hydrogens is 452 g/mol. The smallest absolute Gasteiger partial charge is 0.291 e. The summed E-state index contributed by atoms with van der Waals surface area (Å²) in [6, 6.07) is 13.5. The van der Waals surface area contributed by atoms with Crippen molar-refractivity contribution in [3.63, 3.8) is 0 Å². The third kappa shape index (κ3) is 2.74. The minimum atomic E-state index is -0.316. The van der Waals surface area contributed by atoms with Gasteiger partial charge in [0.05, 0.1) is 11.3 Å². The van der Waals surface area contributed by atoms with Crippen molar-refractivity contribution in [1.29, 1.82) is 0 Å². The third-order valence-corrected chi connectivity index (χ3v) is 6.48. The van der Waals surface area contributed by atoms with Gasteiger partial charge in [0.15, 0.2) is 5.82 Å². The van der Waals surface area contributed by atoms with Crippen molar-refractivity contribution < 1.29 is 4.79 Å². The summed E-state index contributed by atoms with van der Waals surface area (Å²) in [5.74, 6) is 0.339. The molecular formula is C21H15BrN4O2S. The summed E-state index contributed by atoms with van der Waals surface area (Å²) >= 11 is 4.67. The first kappa shape index (κ1) is 18.2. The minimum absolute atomic E-state index is 0.166. The number of amides is 1. The van der Waals surface area contributed by atoms with Crippen LogP contribution in [0.25, 0.3) is 21.9 Å². The fraction of sp³-hybridized carbons (Fsp3) is 0.143. The number of nitrogens with zero attached hydrogens (tertiary/aromatic N) is 4. The van der Waals surface area contributed by atoms with E-state index in [4.69, 9.17) is 0 Å². The molecule has 1 amide bonds. The Morgan fingerprint density at radius 1 is 1.14 bits per heavy atom. The normalized spacial score (nSPS) is 15.4. The van der Waals surface area contributed by atoms with Crippen LogP contribution in [0.15, 0.2) is 51.7 Å². The molecule has 0 N–H and O–H groups in total. The van der Waals surface area contributed by atoms with E-state index >= 15 is 0 Å². The zero-order valence-corrected chi connectivity index (χ0v) is 18.0. The first-order valence-corrected chi connectivity index (χ1v) is 10.7. The molecule has 0 aliphatic carbocycles. The molecule has 0 atom stereocenters. The maximum atomic E-state index is 13.1. The summed E-state index contributed by atoms with van der Waals surface area (Å²) in [7, 11) is 0. The Morgan fingerprint density at radius 2 is 1.97 bits per heavy atom. The second-order valence-corrected chi connectivity index (χ2v) is 8.71. The number of thiazole rings is 1. The number of rotatable bonds is 2. The van der Waals surface area contributed by atoms with E-state index in [1.165, 1.54) is 15.9 Å². The molecule has 0 radical (unpaired) electrons. The van der Waals surface area contributed by atoms with Crippen molar-refractivity contribution in [3.8, 4) is 11.4 Å². The van der Waals surface area contributed by atoms with E-state index in [0.29, 0.717) is 27.4 Å². The van der Waals surface area contributed by atoms with Gasteiger partial charge in [-0.25, -0.2) is 0 Å². The van der Waals surface area contributed by atoms with E-state index in [0.717, 1.165) is 26.9 Å². The summed E-state index contributed by atoms with van der Waals surface area (Å²) in [6.45, 7) is 4.45. The molecule has 0 saturated heterocycles. The molecule has 1 aliphatic rings. The van der Waals surface area contributed by atoms with Gasteiger partial charge in [0, 0.05) is 22.1 Å². The van der Waals surface area contributed by atoms with Gasteiger partial charge in [-0.15, -0.1) is 5.10 Å². The summed E-state index contributed by atoms with van der Waals surface area (Å²) in [4.78, 5) is 32.9. The van der Waals surface area contributed by atoms with Crippen molar-refractivity contribution in [2.24, 2.45) is 0 Å². The van der Waals surface area contributed by atoms with Crippen LogP contribution in [-0.4, -0.2) is 27.0 Å². The zero-order valence-electron chi connectivity index (χ0n) is 15.6. The Bertz CT molecular complexity index is 1420. The van der Waals surface area contributed by atoms with Crippen molar-refractivity contribution in [2.75, 3.05) is 11.4 Å². The van der Waals surface area contributed by atoms with E-state index in [-0.39, 0.29) is 11.5 Å². The van der Waals surface area contributed by atoms with Crippen LogP contribution in [0.2, 0.25) is 0 Å². The third-order valence-electron chi connectivity index (χ3n) is 4.95. The van der Waals surface area contributed by atoms with E-state index < -0.39 is 0 Å². The lowest BCUT2D eigenvalue weighted by atomic mass is 10.1. The quantitative estimate of drug-likeness (QED) is 0.454. The van der Waals surface area contributed by atoms with Crippen molar-refractivity contribution >= 4 is 49.4 Å². The standard InChI is InChI=1S/C21H15BrN4O2S/c1-3-25-15-8-7-13(22)10-14(15)16(19(25)27)17-20(28)26-21(29-17)23-18(24-26)12-6-4-5-11(2)9-12/h4-10H,3H2,1-2H3. The number of fused-ring (bicyclic) bond motifs is 2. The van der Waals surface area contributed by atoms with Crippen LogP contribution in [0.1, 0.15) is 18.1 Å². The van der Waals surface area contributed by atoms with Gasteiger partial charge < -0.3 is 4.90 Å². The molecule has 0 spiro atoms. The van der Waals surface area contributed by atoms with E-state index in [1.807, 2.05) is 56.3 Å². The molecule has 8 heteroatoms. The molecule has 2 aromatic carbocycles. The molecule has 144 valence electrons. The van der Waals surface area contributed by atoms with E-state index in [1.54, 1.807) is 4.90 Å². The number of aryl methyl sites for hydroxylation is 1. The zero-order chi connectivity index (χ0) is 20.3. The molecule has 3 heterocycles. The predicted octanol–water partition coefficient (Wildman–Crippen LogP) is 3.17. The van der Waals surface area contributed by atoms with Crippen molar-refractivity contribution in [3.05, 3.63) is 73.0 Å². The lowest BCUT2D eigenvalue weighted by molar-refractivity contribution is -0.113. The molecule has 5 rings (SSSR count). The van der Waals surface area contributed by atoms with Crippen LogP contribution in [-0.2, 0) is 4.79 Å². The first-order chi connectivity index (χ1) is 14.0. The van der Waals surface area contributed by atoms with Gasteiger partial charge in [0.2, 0.25) is 4.96 Å². The summed E-state index contributed by atoms with van der Waals surface area (Å²) < 4.78 is 2.52. The van der Waals surface area contributed by atoms with Crippen LogP contribution in [0.5, 0.6) is 0 Å². The summed E-state index contributed by atoms with van der Waals surface area (Å²) in [6.07, 6.45) is 0. The summed E-state index contributed by atoms with van der Waals surface area (Å²) in [5, 5.41) is 4.41. The Balaban J connectivity index is 1.76. The van der Waals surface area contributed by atoms with E-state index in [9.17, 15) is 9.59 Å². The number of likely N-dealkylation sites (N-methyl/N-ethyl adjacent to an activating group) is 1. The fourth-order valence-corrected chi connectivity index (χ4v) is 4.99. The Kier molecular flexibility index (Phi) is 4.15. The van der Waals surface area contributed by atoms with Gasteiger partial charge in [-0.3, -0.25) is 9.59 Å². The van der Waals surface area contributed by atoms with Gasteiger partial charge in [-0.2, -0.15) is 9.50 Å². The molecule has 0 saturated carbocycles. The van der Waals surface area contributed by atoms with Crippen LogP contribution < -0.4 is 15.0 Å². The number of hydrogen-bond donors (Lipinski definition) is 0. The van der Waals surface area contributed by atoms with Gasteiger partial charge >= 0.3 is 0 Å². The molecule has 0 unspecified atom stereocenters. The number of carbonyl (C=O) groups excluding carboxylic acids is 1. The SMILES string of the molecule is CCN1C(=O)C(=c2sc3nc(-c4cccc(C)c4)nn3c2=O)c2cc(Br)ccc21. The number of anilines is 1. The Labute approximate surface area is 178 Å². The molecule has 29 heavy (non-hydrogen) atoms. The molecule has 2 aromatic heterocycles. The van der Waals surface area contributed by atoms with Crippen LogP contribution in [0.4, 0.5) is 5.69 Å². The molecule has 6 nitrogen and oxygen atoms in total. The molecule has 0 fully saturated rings. The van der Waals surface area contributed by atoms with Gasteiger partial charge in [0.25, 0.3) is 11.5 Å². The highest BCUT2D eigenvalue weighted by Gasteiger charge is 2.33. The molecule has 4 aromatic rings. The molecule has 1 aliphatic heterocycles. The van der Waals surface area contributed by atoms with Gasteiger partial charge in [-0.1, -0.05) is 51.0 Å². The number of benzene rings is 2. The second kappa shape index (κ2) is 6.60. The van der Waals surface area contributed by atoms with E-state index in [2.05, 4.69) is 26.0 Å². The largest absolute Gasteiger partial charge is 0.308 e. The van der Waals surface area contributed by atoms with Gasteiger partial charge in [-0.05, 0) is 38.1 Å². The van der Waals surface area contributed by atoms with Crippen LogP contribution in [0, 0.1) is 6.92 Å². The Hall–Kier alpha value is -2.84. The average Bonchev–Trinajstić information content (AvgIpc) is 3.32. The highest BCUT2D eigenvalue weighted by atomic mass is 79.9. The fourth-order valence-electron chi connectivity index (χ4n) is 3.63. The lowest BCUT2D eigenvalue weighted by Gasteiger charge is -2.13. The number of carbonyl (C=O) groups is 1.